The Morgan fingerprint density at radius 2 is 0.709 bits per heavy atom. The molecule has 3 heterocycles. The van der Waals surface area contributed by atoms with Crippen molar-refractivity contribution in [2.24, 2.45) is 0 Å². The van der Waals surface area contributed by atoms with Crippen molar-refractivity contribution in [1.82, 2.24) is 4.57 Å². The van der Waals surface area contributed by atoms with Crippen molar-refractivity contribution in [2.45, 2.75) is 105 Å². The molecule has 0 saturated carbocycles. The number of rotatable bonds is 11. The van der Waals surface area contributed by atoms with Crippen molar-refractivity contribution in [3.05, 3.63) is 222 Å². The summed E-state index contributed by atoms with van der Waals surface area (Å²) in [6, 6.07) is 73.2. The summed E-state index contributed by atoms with van der Waals surface area (Å²) in [7, 11) is -0.942. The fraction of sp³-hybridized carbons (Fsp3) is 0.229. The zero-order valence-corrected chi connectivity index (χ0v) is 47.7. The number of fused-ring (bicyclic) bond motifs is 3. The summed E-state index contributed by atoms with van der Waals surface area (Å²) in [5.41, 5.74) is 19.2. The smallest absolute Gasteiger partial charge is 0.399 e. The molecule has 2 fully saturated rings. The summed E-state index contributed by atoms with van der Waals surface area (Å²) < 4.78 is 28.6. The van der Waals surface area contributed by atoms with Crippen LogP contribution in [0.2, 0.25) is 0 Å². The van der Waals surface area contributed by atoms with Crippen molar-refractivity contribution >= 4 is 81.1 Å². The van der Waals surface area contributed by atoms with E-state index in [4.69, 9.17) is 18.6 Å². The highest BCUT2D eigenvalue weighted by atomic mass is 16.7. The van der Waals surface area contributed by atoms with E-state index in [2.05, 4.69) is 298 Å². The Balaban J connectivity index is 1.10. The third-order valence-electron chi connectivity index (χ3n) is 17.2. The number of nitrogens with zero attached hydrogens (tertiary/aromatic N) is 3. The van der Waals surface area contributed by atoms with E-state index < -0.39 is 36.6 Å². The van der Waals surface area contributed by atoms with Crippen LogP contribution in [-0.2, 0) is 18.6 Å². The number of hydrogen-bond donors (Lipinski definition) is 0. The van der Waals surface area contributed by atoms with Gasteiger partial charge in [0.2, 0.25) is 0 Å². The average molecular weight is 1040 g/mol. The Kier molecular flexibility index (Phi) is 12.9. The maximum atomic E-state index is 6.54. The van der Waals surface area contributed by atoms with E-state index in [9.17, 15) is 0 Å². The van der Waals surface area contributed by atoms with Crippen LogP contribution in [0.1, 0.15) is 77.6 Å². The zero-order valence-electron chi connectivity index (χ0n) is 47.7. The molecule has 9 heteroatoms. The van der Waals surface area contributed by atoms with E-state index in [1.807, 2.05) is 0 Å². The largest absolute Gasteiger partial charge is 0.494 e. The maximum Gasteiger partial charge on any atom is 0.494 e. The highest BCUT2D eigenvalue weighted by Gasteiger charge is 2.53. The van der Waals surface area contributed by atoms with Crippen molar-refractivity contribution in [3.63, 3.8) is 0 Å². The predicted octanol–water partition coefficient (Wildman–Crippen LogP) is 16.9. The van der Waals surface area contributed by atoms with E-state index in [1.165, 1.54) is 22.3 Å². The zero-order chi connectivity index (χ0) is 55.2. The molecule has 1 aromatic heterocycles. The molecule has 0 amide bonds. The van der Waals surface area contributed by atoms with Gasteiger partial charge in [-0.3, -0.25) is 0 Å². The first kappa shape index (κ1) is 52.1. The molecular formula is C70H69B2N3O4. The van der Waals surface area contributed by atoms with E-state index in [0.29, 0.717) is 0 Å². The molecule has 0 N–H and O–H groups in total. The molecule has 0 radical (unpaired) electrons. The van der Waals surface area contributed by atoms with E-state index in [0.717, 1.165) is 94.8 Å². The minimum absolute atomic E-state index is 0.449. The van der Waals surface area contributed by atoms with Crippen LogP contribution >= 0.6 is 0 Å². The van der Waals surface area contributed by atoms with Crippen molar-refractivity contribution < 1.29 is 18.6 Å². The van der Waals surface area contributed by atoms with E-state index in [-0.39, 0.29) is 0 Å². The average Bonchev–Trinajstić information content (AvgIpc) is 4.04. The number of aromatic nitrogens is 1. The molecule has 0 atom stereocenters. The Morgan fingerprint density at radius 1 is 0.354 bits per heavy atom. The normalized spacial score (nSPS) is 16.3. The van der Waals surface area contributed by atoms with Gasteiger partial charge in [0.1, 0.15) is 0 Å². The molecule has 2 aliphatic heterocycles. The molecule has 7 nitrogen and oxygen atoms in total. The van der Waals surface area contributed by atoms with Crippen LogP contribution < -0.4 is 20.7 Å². The van der Waals surface area contributed by atoms with Crippen LogP contribution in [0.5, 0.6) is 0 Å². The van der Waals surface area contributed by atoms with Crippen LogP contribution in [0.4, 0.5) is 34.1 Å². The first-order chi connectivity index (χ1) is 37.8. The topological polar surface area (TPSA) is 48.3 Å². The quantitative estimate of drug-likeness (QED) is 0.120. The summed E-state index contributed by atoms with van der Waals surface area (Å²) in [6.07, 6.45) is 0. The number of para-hydroxylation sites is 1. The number of anilines is 6. The second-order valence-corrected chi connectivity index (χ2v) is 23.8. The number of aryl methyl sites for hydroxylation is 4. The molecule has 0 unspecified atom stereocenters. The lowest BCUT2D eigenvalue weighted by Gasteiger charge is -2.32. The summed E-state index contributed by atoms with van der Waals surface area (Å²) in [4.78, 5) is 4.79. The minimum atomic E-state index is -0.471. The molecule has 12 rings (SSSR count). The molecule has 0 spiro atoms. The SMILES string of the molecule is Cc1ccc(N(c2ccc(B3OC(C)(C)C(C)(C)O3)cc2)c2ccc3c(c2)c2cc(N(c4ccc(B5OC(C)(C)C(C)(C)O5)cc4)c4ccc(C)cc4C)ccc2n3-c2c(-c3ccccc3)cccc2-c2ccccc2)c(C)c1. The van der Waals surface area contributed by atoms with Crippen LogP contribution in [0.3, 0.4) is 0 Å². The highest BCUT2D eigenvalue weighted by Crippen LogP contribution is 2.47. The molecule has 2 saturated heterocycles. The standard InChI is InChI=1S/C70H69B2N3O4/c1-46-26-38-62(48(3)42-46)73(54-32-28-52(29-33-54)71-76-67(5,6)68(7,8)77-71)56-36-40-64-60(44-56)61-45-57(37-41-65(61)75(64)66-58(50-20-15-13-16-21-50)24-19-25-59(66)51-22-17-14-18-23-51)74(63-39-27-47(2)43-49(63)4)55-34-30-53(31-35-55)72-78-69(9,10)70(11,12)79-72/h13-45H,1-12H3. The Labute approximate surface area is 467 Å². The molecular weight excluding hydrogens is 968 g/mol. The van der Waals surface area contributed by atoms with Crippen molar-refractivity contribution in [3.8, 4) is 27.9 Å². The van der Waals surface area contributed by atoms with Crippen LogP contribution in [0.15, 0.2) is 200 Å². The molecule has 9 aromatic carbocycles. The lowest BCUT2D eigenvalue weighted by Crippen LogP contribution is -2.41. The maximum absolute atomic E-state index is 6.54. The van der Waals surface area contributed by atoms with Crippen molar-refractivity contribution in [2.75, 3.05) is 9.80 Å². The van der Waals surface area contributed by atoms with Crippen LogP contribution in [0, 0.1) is 27.7 Å². The van der Waals surface area contributed by atoms with Gasteiger partial charge in [0, 0.05) is 56.0 Å². The summed E-state index contributed by atoms with van der Waals surface area (Å²) in [5, 5.41) is 2.24. The van der Waals surface area contributed by atoms with Gasteiger partial charge in [-0.15, -0.1) is 0 Å². The predicted molar refractivity (Wildman–Crippen MR) is 331 cm³/mol. The third kappa shape index (κ3) is 9.26. The van der Waals surface area contributed by atoms with Gasteiger partial charge in [-0.1, -0.05) is 139 Å². The number of benzene rings is 9. The van der Waals surface area contributed by atoms with Gasteiger partial charge in [0.05, 0.1) is 39.1 Å². The fourth-order valence-corrected chi connectivity index (χ4v) is 11.5. The first-order valence-corrected chi connectivity index (χ1v) is 27.8. The monoisotopic (exact) mass is 1040 g/mol. The van der Waals surface area contributed by atoms with Gasteiger partial charge < -0.3 is 33.0 Å². The molecule has 79 heavy (non-hydrogen) atoms. The van der Waals surface area contributed by atoms with Crippen LogP contribution in [-0.4, -0.2) is 41.2 Å². The molecule has 0 bridgehead atoms. The summed E-state index contributed by atoms with van der Waals surface area (Å²) in [6.45, 7) is 25.5. The van der Waals surface area contributed by atoms with Crippen LogP contribution in [0.25, 0.3) is 49.7 Å². The van der Waals surface area contributed by atoms with Gasteiger partial charge in [0.15, 0.2) is 0 Å². The Hall–Kier alpha value is -7.65. The third-order valence-corrected chi connectivity index (χ3v) is 17.2. The second kappa shape index (κ2) is 19.6. The molecule has 0 aliphatic carbocycles. The van der Waals surface area contributed by atoms with Gasteiger partial charge in [-0.05, 0) is 189 Å². The first-order valence-electron chi connectivity index (χ1n) is 27.8. The fourth-order valence-electron chi connectivity index (χ4n) is 11.5. The van der Waals surface area contributed by atoms with E-state index in [1.54, 1.807) is 0 Å². The Bertz CT molecular complexity index is 3640. The van der Waals surface area contributed by atoms with Gasteiger partial charge in [-0.25, -0.2) is 0 Å². The Morgan fingerprint density at radius 3 is 1.06 bits per heavy atom. The van der Waals surface area contributed by atoms with Crippen molar-refractivity contribution in [1.29, 1.82) is 0 Å². The molecule has 2 aliphatic rings. The summed E-state index contributed by atoms with van der Waals surface area (Å²) in [5.74, 6) is 0. The second-order valence-electron chi connectivity index (χ2n) is 23.8. The minimum Gasteiger partial charge on any atom is -0.399 e. The van der Waals surface area contributed by atoms with Gasteiger partial charge >= 0.3 is 14.2 Å². The van der Waals surface area contributed by atoms with Gasteiger partial charge in [0.25, 0.3) is 0 Å². The lowest BCUT2D eigenvalue weighted by atomic mass is 9.79. The van der Waals surface area contributed by atoms with Gasteiger partial charge in [-0.2, -0.15) is 0 Å². The molecule has 10 aromatic rings. The lowest BCUT2D eigenvalue weighted by molar-refractivity contribution is 0.00578. The summed E-state index contributed by atoms with van der Waals surface area (Å²) >= 11 is 0. The van der Waals surface area contributed by atoms with E-state index >= 15 is 0 Å². The number of hydrogen-bond acceptors (Lipinski definition) is 6. The molecule has 394 valence electrons. The highest BCUT2D eigenvalue weighted by molar-refractivity contribution is 6.62.